The number of aromatic amines is 1. The Morgan fingerprint density at radius 1 is 1.35 bits per heavy atom. The van der Waals surface area contributed by atoms with Crippen LogP contribution in [0.3, 0.4) is 0 Å². The van der Waals surface area contributed by atoms with E-state index in [1.165, 1.54) is 0 Å². The van der Waals surface area contributed by atoms with Crippen LogP contribution in [0.15, 0.2) is 36.4 Å². The Morgan fingerprint density at radius 2 is 2.15 bits per heavy atom. The predicted octanol–water partition coefficient (Wildman–Crippen LogP) is 2.23. The third-order valence-electron chi connectivity index (χ3n) is 4.71. The SMILES string of the molecule is COCc1cc2c(N3CCCC3C(N)=O)nc(-c3ccccc3)nc2[nH]1. The van der Waals surface area contributed by atoms with Crippen molar-refractivity contribution in [2.45, 2.75) is 25.5 Å². The van der Waals surface area contributed by atoms with Crippen molar-refractivity contribution < 1.29 is 9.53 Å². The topological polar surface area (TPSA) is 97.1 Å². The molecule has 0 aliphatic carbocycles. The first-order valence-electron chi connectivity index (χ1n) is 8.67. The fourth-order valence-electron chi connectivity index (χ4n) is 3.53. The quantitative estimate of drug-likeness (QED) is 0.735. The molecule has 0 saturated carbocycles. The molecule has 1 atom stereocenters. The molecule has 4 rings (SSSR count). The lowest BCUT2D eigenvalue weighted by atomic mass is 10.2. The van der Waals surface area contributed by atoms with Gasteiger partial charge in [0.1, 0.15) is 17.5 Å². The molecular formula is C19H21N5O2. The fourth-order valence-corrected chi connectivity index (χ4v) is 3.53. The largest absolute Gasteiger partial charge is 0.378 e. The van der Waals surface area contributed by atoms with Crippen molar-refractivity contribution in [1.29, 1.82) is 0 Å². The highest BCUT2D eigenvalue weighted by molar-refractivity contribution is 5.93. The number of fused-ring (bicyclic) bond motifs is 1. The number of aromatic nitrogens is 3. The van der Waals surface area contributed by atoms with E-state index in [1.54, 1.807) is 7.11 Å². The molecular weight excluding hydrogens is 330 g/mol. The lowest BCUT2D eigenvalue weighted by molar-refractivity contribution is -0.119. The number of methoxy groups -OCH3 is 1. The van der Waals surface area contributed by atoms with Crippen LogP contribution in [0.1, 0.15) is 18.5 Å². The Balaban J connectivity index is 1.89. The van der Waals surface area contributed by atoms with Crippen molar-refractivity contribution in [2.75, 3.05) is 18.6 Å². The molecule has 3 heterocycles. The van der Waals surface area contributed by atoms with Crippen LogP contribution in [0.4, 0.5) is 5.82 Å². The van der Waals surface area contributed by atoms with Gasteiger partial charge in [0.25, 0.3) is 0 Å². The second-order valence-electron chi connectivity index (χ2n) is 6.48. The highest BCUT2D eigenvalue weighted by atomic mass is 16.5. The molecule has 0 spiro atoms. The average molecular weight is 351 g/mol. The molecule has 1 aromatic carbocycles. The van der Waals surface area contributed by atoms with E-state index in [2.05, 4.69) is 9.97 Å². The Kier molecular flexibility index (Phi) is 4.30. The molecule has 1 aliphatic rings. The van der Waals surface area contributed by atoms with E-state index in [1.807, 2.05) is 41.3 Å². The predicted molar refractivity (Wildman–Crippen MR) is 99.6 cm³/mol. The summed E-state index contributed by atoms with van der Waals surface area (Å²) in [7, 11) is 1.65. The van der Waals surface area contributed by atoms with Crippen molar-refractivity contribution in [2.24, 2.45) is 5.73 Å². The van der Waals surface area contributed by atoms with Crippen molar-refractivity contribution >= 4 is 22.8 Å². The number of nitrogens with one attached hydrogen (secondary N) is 1. The molecule has 0 radical (unpaired) electrons. The fraction of sp³-hybridized carbons (Fsp3) is 0.316. The van der Waals surface area contributed by atoms with Crippen molar-refractivity contribution in [3.8, 4) is 11.4 Å². The van der Waals surface area contributed by atoms with E-state index >= 15 is 0 Å². The van der Waals surface area contributed by atoms with E-state index < -0.39 is 0 Å². The number of rotatable bonds is 5. The minimum absolute atomic E-state index is 0.317. The van der Waals surface area contributed by atoms with E-state index in [0.717, 1.165) is 47.5 Å². The Labute approximate surface area is 151 Å². The zero-order valence-electron chi connectivity index (χ0n) is 14.6. The van der Waals surface area contributed by atoms with Crippen LogP contribution in [0.5, 0.6) is 0 Å². The van der Waals surface area contributed by atoms with E-state index in [-0.39, 0.29) is 11.9 Å². The van der Waals surface area contributed by atoms with Crippen molar-refractivity contribution in [3.63, 3.8) is 0 Å². The number of benzene rings is 1. The molecule has 7 heteroatoms. The summed E-state index contributed by atoms with van der Waals surface area (Å²) < 4.78 is 5.23. The molecule has 3 N–H and O–H groups in total. The summed E-state index contributed by atoms with van der Waals surface area (Å²) in [5.41, 5.74) is 8.19. The highest BCUT2D eigenvalue weighted by Crippen LogP contribution is 2.32. The maximum atomic E-state index is 11.9. The molecule has 1 amide bonds. The van der Waals surface area contributed by atoms with Crippen LogP contribution >= 0.6 is 0 Å². The van der Waals surface area contributed by atoms with Gasteiger partial charge in [0.15, 0.2) is 5.82 Å². The summed E-state index contributed by atoms with van der Waals surface area (Å²) in [6, 6.07) is 11.5. The molecule has 7 nitrogen and oxygen atoms in total. The second kappa shape index (κ2) is 6.76. The van der Waals surface area contributed by atoms with Gasteiger partial charge in [0, 0.05) is 24.9 Å². The number of hydrogen-bond acceptors (Lipinski definition) is 5. The van der Waals surface area contributed by atoms with Crippen molar-refractivity contribution in [3.05, 3.63) is 42.1 Å². The standard InChI is InChI=1S/C19H21N5O2/c1-26-11-13-10-14-18(21-13)22-17(12-6-3-2-4-7-12)23-19(14)24-9-5-8-15(24)16(20)25/h2-4,6-7,10,15H,5,8-9,11H2,1H3,(H2,20,25)(H,21,22,23). The molecule has 3 aromatic rings. The van der Waals surface area contributed by atoms with Gasteiger partial charge in [-0.15, -0.1) is 0 Å². The summed E-state index contributed by atoms with van der Waals surface area (Å²) in [5, 5.41) is 0.880. The van der Waals surface area contributed by atoms with Crippen LogP contribution in [-0.2, 0) is 16.1 Å². The third-order valence-corrected chi connectivity index (χ3v) is 4.71. The van der Waals surface area contributed by atoms with Crippen LogP contribution in [-0.4, -0.2) is 40.6 Å². The summed E-state index contributed by atoms with van der Waals surface area (Å²) in [6.45, 7) is 1.20. The maximum Gasteiger partial charge on any atom is 0.240 e. The number of primary amides is 1. The molecule has 2 aromatic heterocycles. The molecule has 26 heavy (non-hydrogen) atoms. The lowest BCUT2D eigenvalue weighted by Crippen LogP contribution is -2.40. The number of ether oxygens (including phenoxy) is 1. The van der Waals surface area contributed by atoms with Crippen molar-refractivity contribution in [1.82, 2.24) is 15.0 Å². The molecule has 1 unspecified atom stereocenters. The normalized spacial score (nSPS) is 17.1. The second-order valence-corrected chi connectivity index (χ2v) is 6.48. The molecule has 134 valence electrons. The summed E-state index contributed by atoms with van der Waals surface area (Å²) in [6.07, 6.45) is 1.66. The van der Waals surface area contributed by atoms with E-state index in [9.17, 15) is 4.79 Å². The number of H-pyrrole nitrogens is 1. The van der Waals surface area contributed by atoms with Gasteiger partial charge in [-0.2, -0.15) is 0 Å². The minimum atomic E-state index is -0.336. The number of carbonyl (C=O) groups is 1. The van der Waals surface area contributed by atoms with Crippen LogP contribution < -0.4 is 10.6 Å². The Morgan fingerprint density at radius 3 is 2.88 bits per heavy atom. The van der Waals surface area contributed by atoms with Gasteiger partial charge < -0.3 is 20.4 Å². The van der Waals surface area contributed by atoms with E-state index in [4.69, 9.17) is 15.5 Å². The van der Waals surface area contributed by atoms with Gasteiger partial charge in [0.2, 0.25) is 5.91 Å². The average Bonchev–Trinajstić information content (AvgIpc) is 3.28. The Hall–Kier alpha value is -2.93. The van der Waals surface area contributed by atoms with Gasteiger partial charge in [-0.1, -0.05) is 30.3 Å². The van der Waals surface area contributed by atoms with Crippen LogP contribution in [0, 0.1) is 0 Å². The lowest BCUT2D eigenvalue weighted by Gasteiger charge is -2.24. The molecule has 1 fully saturated rings. The zero-order chi connectivity index (χ0) is 18.1. The molecule has 1 aliphatic heterocycles. The number of nitrogens with two attached hydrogens (primary N) is 1. The first kappa shape index (κ1) is 16.5. The van der Waals surface area contributed by atoms with Gasteiger partial charge >= 0.3 is 0 Å². The van der Waals surface area contributed by atoms with Gasteiger partial charge in [-0.05, 0) is 18.9 Å². The number of amides is 1. The summed E-state index contributed by atoms with van der Waals surface area (Å²) in [4.78, 5) is 26.7. The third kappa shape index (κ3) is 2.90. The smallest absolute Gasteiger partial charge is 0.240 e. The van der Waals surface area contributed by atoms with Crippen LogP contribution in [0.25, 0.3) is 22.4 Å². The van der Waals surface area contributed by atoms with Gasteiger partial charge in [0.05, 0.1) is 12.0 Å². The van der Waals surface area contributed by atoms with Gasteiger partial charge in [-0.3, -0.25) is 4.79 Å². The highest BCUT2D eigenvalue weighted by Gasteiger charge is 2.32. The number of anilines is 1. The monoisotopic (exact) mass is 351 g/mol. The molecule has 1 saturated heterocycles. The first-order valence-corrected chi connectivity index (χ1v) is 8.67. The Bertz CT molecular complexity index is 938. The van der Waals surface area contributed by atoms with E-state index in [0.29, 0.717) is 12.4 Å². The summed E-state index contributed by atoms with van der Waals surface area (Å²) >= 11 is 0. The van der Waals surface area contributed by atoms with Gasteiger partial charge in [-0.25, -0.2) is 9.97 Å². The minimum Gasteiger partial charge on any atom is -0.378 e. The summed E-state index contributed by atoms with van der Waals surface area (Å²) in [5.74, 6) is 1.05. The number of nitrogens with zero attached hydrogens (tertiary/aromatic N) is 3. The maximum absolute atomic E-state index is 11.9. The first-order chi connectivity index (χ1) is 12.7. The zero-order valence-corrected chi connectivity index (χ0v) is 14.6. The number of carbonyl (C=O) groups excluding carboxylic acids is 1. The van der Waals surface area contributed by atoms with Crippen LogP contribution in [0.2, 0.25) is 0 Å². The number of hydrogen-bond donors (Lipinski definition) is 2. The molecule has 0 bridgehead atoms.